The average Bonchev–Trinajstić information content (AvgIpc) is 3.27. The molecule has 0 unspecified atom stereocenters. The number of nitrogens with two attached hydrogens (primary N) is 1. The van der Waals surface area contributed by atoms with Gasteiger partial charge in [-0.2, -0.15) is 0 Å². The van der Waals surface area contributed by atoms with Crippen LogP contribution in [0.25, 0.3) is 6.08 Å². The van der Waals surface area contributed by atoms with Gasteiger partial charge in [0.15, 0.2) is 0 Å². The van der Waals surface area contributed by atoms with Crippen molar-refractivity contribution >= 4 is 30.1 Å². The molecule has 4 aliphatic heterocycles. The summed E-state index contributed by atoms with van der Waals surface area (Å²) in [4.78, 5) is 53.9. The number of carbonyl (C=O) groups excluding carboxylic acids is 4. The summed E-state index contributed by atoms with van der Waals surface area (Å²) in [5.74, 6) is -1.41. The van der Waals surface area contributed by atoms with Gasteiger partial charge >= 0.3 is 12.2 Å². The molecule has 1 aromatic carbocycles. The minimum Gasteiger partial charge on any atom is -0.450 e. The van der Waals surface area contributed by atoms with E-state index in [0.29, 0.717) is 25.9 Å². The van der Waals surface area contributed by atoms with Crippen molar-refractivity contribution in [3.05, 3.63) is 41.0 Å². The van der Waals surface area contributed by atoms with Crippen LogP contribution in [0.1, 0.15) is 49.8 Å². The van der Waals surface area contributed by atoms with E-state index in [1.807, 2.05) is 18.2 Å². The topological polar surface area (TPSA) is 131 Å². The summed E-state index contributed by atoms with van der Waals surface area (Å²) in [5.41, 5.74) is 8.97. The summed E-state index contributed by atoms with van der Waals surface area (Å²) in [7, 11) is 0. The molecule has 4 amide bonds. The quantitative estimate of drug-likeness (QED) is 0.643. The zero-order valence-electron chi connectivity index (χ0n) is 20.8. The molecule has 10 nitrogen and oxygen atoms in total. The number of rotatable bonds is 2. The van der Waals surface area contributed by atoms with Crippen molar-refractivity contribution in [2.24, 2.45) is 11.7 Å². The van der Waals surface area contributed by atoms with Gasteiger partial charge in [-0.05, 0) is 41.9 Å². The van der Waals surface area contributed by atoms with Gasteiger partial charge in [0.2, 0.25) is 11.8 Å². The Hall–Kier alpha value is -3.56. The van der Waals surface area contributed by atoms with E-state index in [1.54, 1.807) is 18.7 Å². The number of amides is 4. The van der Waals surface area contributed by atoms with Gasteiger partial charge in [-0.3, -0.25) is 9.59 Å². The van der Waals surface area contributed by atoms with Crippen molar-refractivity contribution in [1.82, 2.24) is 15.1 Å². The molecule has 0 aliphatic carbocycles. The van der Waals surface area contributed by atoms with Gasteiger partial charge in [0.25, 0.3) is 0 Å². The Morgan fingerprint density at radius 1 is 1.22 bits per heavy atom. The van der Waals surface area contributed by atoms with Crippen LogP contribution in [0.4, 0.5) is 9.59 Å². The van der Waals surface area contributed by atoms with Crippen molar-refractivity contribution in [3.8, 4) is 0 Å². The SMILES string of the molecule is CC(C)[C@@H]1NC(=O)OCCC/C=C/c2cccc3c2CCN(C3)C(=O)O[C@@H]2C[C@@H](C(N)=O)N(C2)C1=O. The Labute approximate surface area is 210 Å². The van der Waals surface area contributed by atoms with Crippen molar-refractivity contribution in [2.45, 2.75) is 64.3 Å². The first-order valence-electron chi connectivity index (χ1n) is 12.5. The highest BCUT2D eigenvalue weighted by Gasteiger charge is 2.44. The second-order valence-corrected chi connectivity index (χ2v) is 9.85. The first kappa shape index (κ1) is 25.5. The van der Waals surface area contributed by atoms with E-state index in [1.165, 1.54) is 10.5 Å². The molecular formula is C26H34N4O6. The number of hydrogen-bond donors (Lipinski definition) is 2. The van der Waals surface area contributed by atoms with Gasteiger partial charge in [0, 0.05) is 19.5 Å². The summed E-state index contributed by atoms with van der Waals surface area (Å²) in [5, 5.41) is 2.63. The summed E-state index contributed by atoms with van der Waals surface area (Å²) >= 11 is 0. The van der Waals surface area contributed by atoms with Crippen LogP contribution >= 0.6 is 0 Å². The monoisotopic (exact) mass is 498 g/mol. The lowest BCUT2D eigenvalue weighted by Crippen LogP contribution is -2.54. The number of primary amides is 1. The molecule has 3 N–H and O–H groups in total. The minimum absolute atomic E-state index is 0.0253. The molecule has 10 heteroatoms. The van der Waals surface area contributed by atoms with Gasteiger partial charge < -0.3 is 30.3 Å². The molecule has 3 atom stereocenters. The molecule has 1 fully saturated rings. The first-order chi connectivity index (χ1) is 17.2. The maximum Gasteiger partial charge on any atom is 0.410 e. The van der Waals surface area contributed by atoms with Gasteiger partial charge in [-0.1, -0.05) is 44.2 Å². The maximum absolute atomic E-state index is 13.4. The van der Waals surface area contributed by atoms with E-state index in [0.717, 1.165) is 17.5 Å². The summed E-state index contributed by atoms with van der Waals surface area (Å²) in [6.07, 6.45) is 4.42. The number of nitrogens with zero attached hydrogens (tertiary/aromatic N) is 2. The lowest BCUT2D eigenvalue weighted by Gasteiger charge is -2.30. The summed E-state index contributed by atoms with van der Waals surface area (Å²) in [6.45, 7) is 4.76. The Morgan fingerprint density at radius 3 is 2.78 bits per heavy atom. The number of benzene rings is 1. The van der Waals surface area contributed by atoms with Gasteiger partial charge in [-0.25, -0.2) is 9.59 Å². The second-order valence-electron chi connectivity index (χ2n) is 9.85. The number of allylic oxidation sites excluding steroid dienone is 1. The van der Waals surface area contributed by atoms with Gasteiger partial charge in [0.1, 0.15) is 18.2 Å². The fourth-order valence-corrected chi connectivity index (χ4v) is 5.00. The number of ether oxygens (including phenoxy) is 2. The van der Waals surface area contributed by atoms with E-state index in [-0.39, 0.29) is 25.5 Å². The fraction of sp³-hybridized carbons (Fsp3) is 0.538. The largest absolute Gasteiger partial charge is 0.450 e. The number of alkyl carbamates (subject to hydrolysis) is 1. The first-order valence-corrected chi connectivity index (χ1v) is 12.5. The van der Waals surface area contributed by atoms with Crippen molar-refractivity contribution in [3.63, 3.8) is 0 Å². The normalized spacial score (nSPS) is 26.3. The third kappa shape index (κ3) is 5.63. The standard InChI is InChI=1S/C26H34N4O6/c1-16(2)22-24(32)30-15-19(13-21(30)23(27)31)36-26(34)29-11-10-20-17(8-6-9-18(20)14-29)7-4-3-5-12-35-25(33)28-22/h4,6-9,16,19,21-22H,3,5,10-15H2,1-2H3,(H2,27,31)(H,28,33)/b7-4+/t19-,21+,22+/m1/s1. The third-order valence-corrected chi connectivity index (χ3v) is 6.95. The fourth-order valence-electron chi connectivity index (χ4n) is 5.00. The van der Waals surface area contributed by atoms with Crippen molar-refractivity contribution < 1.29 is 28.7 Å². The molecular weight excluding hydrogens is 464 g/mol. The van der Waals surface area contributed by atoms with Crippen LogP contribution in [0.5, 0.6) is 0 Å². The molecule has 0 saturated carbocycles. The zero-order chi connectivity index (χ0) is 25.8. The molecule has 6 bridgehead atoms. The lowest BCUT2D eigenvalue weighted by molar-refractivity contribution is -0.139. The lowest BCUT2D eigenvalue weighted by atomic mass is 9.94. The number of carbonyl (C=O) groups is 4. The van der Waals surface area contributed by atoms with E-state index < -0.39 is 42.2 Å². The van der Waals surface area contributed by atoms with Crippen LogP contribution in [0, 0.1) is 5.92 Å². The maximum atomic E-state index is 13.4. The van der Waals surface area contributed by atoms with Crippen LogP contribution in [0.3, 0.4) is 0 Å². The predicted octanol–water partition coefficient (Wildman–Crippen LogP) is 2.19. The molecule has 1 saturated heterocycles. The Kier molecular flexibility index (Phi) is 7.81. The van der Waals surface area contributed by atoms with E-state index in [2.05, 4.69) is 17.5 Å². The Balaban J connectivity index is 1.59. The highest BCUT2D eigenvalue weighted by molar-refractivity contribution is 5.91. The number of nitrogens with one attached hydrogen (secondary N) is 1. The Morgan fingerprint density at radius 2 is 2.03 bits per heavy atom. The molecule has 4 heterocycles. The van der Waals surface area contributed by atoms with E-state index in [9.17, 15) is 19.2 Å². The molecule has 1 aromatic rings. The van der Waals surface area contributed by atoms with E-state index in [4.69, 9.17) is 15.2 Å². The molecule has 0 radical (unpaired) electrons. The number of fused-ring (bicyclic) bond motifs is 10. The highest BCUT2D eigenvalue weighted by atomic mass is 16.6. The molecule has 36 heavy (non-hydrogen) atoms. The van der Waals surface area contributed by atoms with Gasteiger partial charge in [0.05, 0.1) is 13.2 Å². The molecule has 5 rings (SSSR count). The van der Waals surface area contributed by atoms with Crippen LogP contribution < -0.4 is 11.1 Å². The van der Waals surface area contributed by atoms with Crippen LogP contribution in [0.15, 0.2) is 24.3 Å². The molecule has 0 aromatic heterocycles. The molecule has 4 aliphatic rings. The summed E-state index contributed by atoms with van der Waals surface area (Å²) in [6, 6.07) is 4.19. The van der Waals surface area contributed by atoms with Crippen molar-refractivity contribution in [2.75, 3.05) is 19.7 Å². The smallest absolute Gasteiger partial charge is 0.410 e. The van der Waals surface area contributed by atoms with Crippen molar-refractivity contribution in [1.29, 1.82) is 0 Å². The molecule has 194 valence electrons. The van der Waals surface area contributed by atoms with Crippen LogP contribution in [0.2, 0.25) is 0 Å². The third-order valence-electron chi connectivity index (χ3n) is 6.95. The Bertz CT molecular complexity index is 1050. The van der Waals surface area contributed by atoms with Gasteiger partial charge in [-0.15, -0.1) is 0 Å². The summed E-state index contributed by atoms with van der Waals surface area (Å²) < 4.78 is 11.0. The zero-order valence-corrected chi connectivity index (χ0v) is 20.8. The number of hydrogen-bond acceptors (Lipinski definition) is 6. The molecule has 0 spiro atoms. The second kappa shape index (κ2) is 11.0. The highest BCUT2D eigenvalue weighted by Crippen LogP contribution is 2.27. The van der Waals surface area contributed by atoms with Crippen LogP contribution in [-0.4, -0.2) is 71.7 Å². The van der Waals surface area contributed by atoms with E-state index >= 15 is 0 Å². The van der Waals surface area contributed by atoms with Crippen LogP contribution in [-0.2, 0) is 32.0 Å². The minimum atomic E-state index is -0.931. The average molecular weight is 499 g/mol. The predicted molar refractivity (Wildman–Crippen MR) is 132 cm³/mol.